The first-order valence-corrected chi connectivity index (χ1v) is 9.80. The largest absolute Gasteiger partial charge is 0.464 e. The molecule has 0 amide bonds. The van der Waals surface area contributed by atoms with Crippen LogP contribution in [0.25, 0.3) is 22.4 Å². The number of halogens is 2. The summed E-state index contributed by atoms with van der Waals surface area (Å²) in [6.07, 6.45) is 6.65. The fourth-order valence-electron chi connectivity index (χ4n) is 3.52. The Hall–Kier alpha value is -2.40. The summed E-state index contributed by atoms with van der Waals surface area (Å²) < 4.78 is 23.5. The van der Waals surface area contributed by atoms with Crippen molar-refractivity contribution >= 4 is 26.9 Å². The zero-order valence-electron chi connectivity index (χ0n) is 15.2. The van der Waals surface area contributed by atoms with Gasteiger partial charge in [-0.05, 0) is 62.1 Å². The molecule has 0 N–H and O–H groups in total. The van der Waals surface area contributed by atoms with Crippen LogP contribution in [0, 0.1) is 5.82 Å². The molecule has 27 heavy (non-hydrogen) atoms. The lowest BCUT2D eigenvalue weighted by Gasteiger charge is -2.15. The van der Waals surface area contributed by atoms with Crippen molar-refractivity contribution in [3.8, 4) is 11.4 Å². The number of nitrogens with zero attached hydrogens (tertiary/aromatic N) is 2. The molecule has 5 heteroatoms. The van der Waals surface area contributed by atoms with Crippen LogP contribution < -0.4 is 0 Å². The van der Waals surface area contributed by atoms with E-state index >= 15 is 0 Å². The van der Waals surface area contributed by atoms with Crippen molar-refractivity contribution in [3.05, 3.63) is 76.5 Å². The summed E-state index contributed by atoms with van der Waals surface area (Å²) in [6.45, 7) is 4.19. The first-order chi connectivity index (χ1) is 13.0. The minimum absolute atomic E-state index is 0.198. The van der Waals surface area contributed by atoms with Gasteiger partial charge in [0.2, 0.25) is 0 Å². The van der Waals surface area contributed by atoms with Gasteiger partial charge in [-0.15, -0.1) is 0 Å². The first kappa shape index (κ1) is 18.0. The summed E-state index contributed by atoms with van der Waals surface area (Å²) in [5.74, 6) is 0.605. The van der Waals surface area contributed by atoms with E-state index in [-0.39, 0.29) is 11.9 Å². The van der Waals surface area contributed by atoms with Crippen molar-refractivity contribution < 1.29 is 8.81 Å². The Morgan fingerprint density at radius 2 is 2.04 bits per heavy atom. The van der Waals surface area contributed by atoms with E-state index in [1.807, 2.05) is 30.5 Å². The first-order valence-electron chi connectivity index (χ1n) is 9.01. The van der Waals surface area contributed by atoms with Crippen molar-refractivity contribution in [2.24, 2.45) is 0 Å². The Kier molecular flexibility index (Phi) is 4.87. The second-order valence-corrected chi connectivity index (χ2v) is 7.84. The Bertz CT molecular complexity index is 1100. The molecule has 2 heterocycles. The zero-order valence-corrected chi connectivity index (χ0v) is 16.8. The third-order valence-electron chi connectivity index (χ3n) is 4.82. The maximum atomic E-state index is 14.7. The smallest absolute Gasteiger partial charge is 0.140 e. The molecule has 0 spiro atoms. The van der Waals surface area contributed by atoms with Crippen LogP contribution in [0.4, 0.5) is 4.39 Å². The van der Waals surface area contributed by atoms with E-state index in [0.717, 1.165) is 32.4 Å². The Labute approximate surface area is 166 Å². The third-order valence-corrected chi connectivity index (χ3v) is 5.28. The molecule has 3 nitrogen and oxygen atoms in total. The zero-order chi connectivity index (χ0) is 19.0. The molecule has 0 atom stereocenters. The molecule has 2 aromatic carbocycles. The summed E-state index contributed by atoms with van der Waals surface area (Å²) in [5, 5.41) is 1.04. The highest BCUT2D eigenvalue weighted by atomic mass is 79.9. The van der Waals surface area contributed by atoms with Crippen LogP contribution in [0.15, 0.2) is 63.9 Å². The highest BCUT2D eigenvalue weighted by Gasteiger charge is 2.17. The lowest BCUT2D eigenvalue weighted by Crippen LogP contribution is -2.05. The van der Waals surface area contributed by atoms with E-state index in [4.69, 9.17) is 4.42 Å². The molecule has 0 saturated carbocycles. The van der Waals surface area contributed by atoms with Crippen LogP contribution >= 0.6 is 15.9 Å². The van der Waals surface area contributed by atoms with Gasteiger partial charge in [-0.25, -0.2) is 9.37 Å². The summed E-state index contributed by atoms with van der Waals surface area (Å²) >= 11 is 3.55. The van der Waals surface area contributed by atoms with Gasteiger partial charge in [0.25, 0.3) is 0 Å². The third kappa shape index (κ3) is 3.44. The lowest BCUT2D eigenvalue weighted by atomic mass is 9.98. The van der Waals surface area contributed by atoms with Gasteiger partial charge in [-0.3, -0.25) is 0 Å². The molecule has 0 saturated heterocycles. The Morgan fingerprint density at radius 3 is 2.85 bits per heavy atom. The van der Waals surface area contributed by atoms with E-state index < -0.39 is 0 Å². The minimum atomic E-state index is -0.198. The van der Waals surface area contributed by atoms with E-state index in [0.29, 0.717) is 18.4 Å². The van der Waals surface area contributed by atoms with Gasteiger partial charge in [0.1, 0.15) is 17.2 Å². The summed E-state index contributed by atoms with van der Waals surface area (Å²) in [7, 11) is 0. The summed E-state index contributed by atoms with van der Waals surface area (Å²) in [6, 6.07) is 11.5. The maximum absolute atomic E-state index is 14.7. The van der Waals surface area contributed by atoms with Crippen LogP contribution in [0.1, 0.15) is 31.0 Å². The number of imidazole rings is 1. The number of hydrogen-bond donors (Lipinski definition) is 0. The molecule has 138 valence electrons. The molecule has 4 aromatic rings. The quantitative estimate of drug-likeness (QED) is 0.361. The molecule has 0 fully saturated rings. The fraction of sp³-hybridized carbons (Fsp3) is 0.227. The molecule has 0 aliphatic rings. The predicted octanol–water partition coefficient (Wildman–Crippen LogP) is 6.56. The SMILES string of the molecule is CC(C)n1ccnc1-c1cccc(F)c1CCc1cc(Br)cc2ccoc12. The molecule has 0 radical (unpaired) electrons. The van der Waals surface area contributed by atoms with Crippen LogP contribution in [-0.2, 0) is 12.8 Å². The number of aryl methyl sites for hydroxylation is 1. The van der Waals surface area contributed by atoms with E-state index in [9.17, 15) is 4.39 Å². The predicted molar refractivity (Wildman–Crippen MR) is 109 cm³/mol. The summed E-state index contributed by atoms with van der Waals surface area (Å²) in [5.41, 5.74) is 3.45. The molecule has 0 aliphatic carbocycles. The summed E-state index contributed by atoms with van der Waals surface area (Å²) in [4.78, 5) is 4.49. The molecule has 0 unspecified atom stereocenters. The maximum Gasteiger partial charge on any atom is 0.140 e. The van der Waals surface area contributed by atoms with Crippen molar-refractivity contribution in [1.82, 2.24) is 9.55 Å². The van der Waals surface area contributed by atoms with Crippen molar-refractivity contribution in [2.45, 2.75) is 32.7 Å². The fourth-order valence-corrected chi connectivity index (χ4v) is 4.04. The van der Waals surface area contributed by atoms with Crippen LogP contribution in [0.5, 0.6) is 0 Å². The number of furan rings is 1. The highest BCUT2D eigenvalue weighted by Crippen LogP contribution is 2.30. The molecule has 2 aromatic heterocycles. The minimum Gasteiger partial charge on any atom is -0.464 e. The standard InChI is InChI=1S/C22H20BrFN2O/c1-14(2)26-10-9-25-22(26)19-4-3-5-20(24)18(19)7-6-15-12-17(23)13-16-8-11-27-21(15)16/h3-5,8-14H,6-7H2,1-2H3. The second kappa shape index (κ2) is 7.31. The number of fused-ring (bicyclic) bond motifs is 1. The van der Waals surface area contributed by atoms with E-state index in [1.165, 1.54) is 6.07 Å². The van der Waals surface area contributed by atoms with E-state index in [1.54, 1.807) is 18.5 Å². The van der Waals surface area contributed by atoms with Crippen molar-refractivity contribution in [3.63, 3.8) is 0 Å². The van der Waals surface area contributed by atoms with Gasteiger partial charge in [-0.1, -0.05) is 28.1 Å². The average Bonchev–Trinajstić information content (AvgIpc) is 3.29. The number of aromatic nitrogens is 2. The highest BCUT2D eigenvalue weighted by molar-refractivity contribution is 9.10. The van der Waals surface area contributed by atoms with Gasteiger partial charge in [0.05, 0.1) is 6.26 Å². The average molecular weight is 427 g/mol. The molecular formula is C22H20BrFN2O. The second-order valence-electron chi connectivity index (χ2n) is 6.92. The van der Waals surface area contributed by atoms with Crippen molar-refractivity contribution in [1.29, 1.82) is 0 Å². The van der Waals surface area contributed by atoms with Crippen LogP contribution in [0.3, 0.4) is 0 Å². The van der Waals surface area contributed by atoms with Crippen molar-refractivity contribution in [2.75, 3.05) is 0 Å². The van der Waals surface area contributed by atoms with Gasteiger partial charge in [0, 0.05) is 33.9 Å². The van der Waals surface area contributed by atoms with Crippen LogP contribution in [0.2, 0.25) is 0 Å². The normalized spacial score (nSPS) is 11.6. The van der Waals surface area contributed by atoms with Crippen LogP contribution in [-0.4, -0.2) is 9.55 Å². The topological polar surface area (TPSA) is 31.0 Å². The number of hydrogen-bond acceptors (Lipinski definition) is 2. The van der Waals surface area contributed by atoms with Gasteiger partial charge in [-0.2, -0.15) is 0 Å². The Morgan fingerprint density at radius 1 is 1.19 bits per heavy atom. The molecule has 0 aliphatic heterocycles. The van der Waals surface area contributed by atoms with E-state index in [2.05, 4.69) is 39.3 Å². The Balaban J connectivity index is 1.72. The monoisotopic (exact) mass is 426 g/mol. The molecule has 0 bridgehead atoms. The van der Waals surface area contributed by atoms with Gasteiger partial charge >= 0.3 is 0 Å². The van der Waals surface area contributed by atoms with Gasteiger partial charge in [0.15, 0.2) is 0 Å². The molecule has 4 rings (SSSR count). The number of benzene rings is 2. The molecular weight excluding hydrogens is 407 g/mol. The lowest BCUT2D eigenvalue weighted by molar-refractivity contribution is 0.596. The number of rotatable bonds is 5. The van der Waals surface area contributed by atoms with Gasteiger partial charge < -0.3 is 8.98 Å².